The van der Waals surface area contributed by atoms with Crippen LogP contribution in [-0.4, -0.2) is 24.2 Å². The second kappa shape index (κ2) is 7.99. The monoisotopic (exact) mass is 287 g/mol. The van der Waals surface area contributed by atoms with Crippen molar-refractivity contribution in [3.63, 3.8) is 0 Å². The zero-order valence-corrected chi connectivity index (χ0v) is 12.8. The van der Waals surface area contributed by atoms with Crippen LogP contribution in [0.1, 0.15) is 43.2 Å². The van der Waals surface area contributed by atoms with Gasteiger partial charge < -0.3 is 10.4 Å². The predicted molar refractivity (Wildman–Crippen MR) is 85.5 cm³/mol. The molecule has 1 aromatic carbocycles. The van der Waals surface area contributed by atoms with Crippen LogP contribution in [0, 0.1) is 6.92 Å². The maximum absolute atomic E-state index is 8.36. The molecule has 0 saturated carbocycles. The zero-order valence-electron chi connectivity index (χ0n) is 12.8. The van der Waals surface area contributed by atoms with Crippen molar-refractivity contribution in [2.24, 2.45) is 0 Å². The molecule has 1 heterocycles. The molecule has 1 aromatic rings. The van der Waals surface area contributed by atoms with Gasteiger partial charge in [0.15, 0.2) is 0 Å². The first-order valence-corrected chi connectivity index (χ1v) is 7.82. The van der Waals surface area contributed by atoms with Crippen LogP contribution in [0.25, 0.3) is 0 Å². The normalized spacial score (nSPS) is 21.1. The van der Waals surface area contributed by atoms with Crippen LogP contribution in [0.2, 0.25) is 0 Å². The Morgan fingerprint density at radius 1 is 1.19 bits per heavy atom. The van der Waals surface area contributed by atoms with Gasteiger partial charge in [0.2, 0.25) is 0 Å². The smallest absolute Gasteiger partial charge is 0.290 e. The molecule has 114 valence electrons. The number of carbonyl (C=O) groups is 1. The van der Waals surface area contributed by atoms with Crippen LogP contribution in [0.3, 0.4) is 0 Å². The molecule has 0 spiro atoms. The van der Waals surface area contributed by atoms with E-state index in [0.717, 1.165) is 0 Å². The van der Waals surface area contributed by atoms with Gasteiger partial charge in [0.05, 0.1) is 0 Å². The molecule has 3 nitrogen and oxygen atoms in total. The van der Waals surface area contributed by atoms with E-state index in [1.165, 1.54) is 56.2 Å². The average Bonchev–Trinajstić information content (AvgIpc) is 2.51. The molecule has 21 heavy (non-hydrogen) atoms. The molecule has 3 heteroatoms. The summed E-state index contributed by atoms with van der Waals surface area (Å²) >= 11 is 0. The molecule has 1 aliphatic heterocycles. The fourth-order valence-corrected chi connectivity index (χ4v) is 3.37. The summed E-state index contributed by atoms with van der Waals surface area (Å²) in [4.78, 5) is 8.36. The first-order chi connectivity index (χ1) is 10.2. The van der Waals surface area contributed by atoms with E-state index in [1.807, 2.05) is 0 Å². The fourth-order valence-electron chi connectivity index (χ4n) is 3.37. The van der Waals surface area contributed by atoms with Crippen molar-refractivity contribution in [2.75, 3.05) is 6.54 Å². The van der Waals surface area contributed by atoms with E-state index in [0.29, 0.717) is 6.04 Å². The van der Waals surface area contributed by atoms with Gasteiger partial charge in [-0.3, -0.25) is 4.79 Å². The van der Waals surface area contributed by atoms with Crippen LogP contribution in [0.15, 0.2) is 35.4 Å². The van der Waals surface area contributed by atoms with E-state index in [9.17, 15) is 0 Å². The highest BCUT2D eigenvalue weighted by molar-refractivity contribution is 5.32. The molecule has 2 N–H and O–H groups in total. The quantitative estimate of drug-likeness (QED) is 0.647. The van der Waals surface area contributed by atoms with Crippen LogP contribution in [0.4, 0.5) is 0 Å². The van der Waals surface area contributed by atoms with Crippen LogP contribution >= 0.6 is 0 Å². The Morgan fingerprint density at radius 3 is 2.57 bits per heavy atom. The summed E-state index contributed by atoms with van der Waals surface area (Å²) in [6, 6.07) is 9.64. The first-order valence-electron chi connectivity index (χ1n) is 7.82. The number of nitrogens with one attached hydrogen (secondary N) is 1. The number of carboxylic acid groups (broad SMARTS) is 1. The maximum atomic E-state index is 8.36. The molecule has 0 radical (unpaired) electrons. The third-order valence-corrected chi connectivity index (χ3v) is 4.43. The Kier molecular flexibility index (Phi) is 6.00. The van der Waals surface area contributed by atoms with E-state index in [4.69, 9.17) is 9.90 Å². The number of aryl methyl sites for hydroxylation is 1. The lowest BCUT2D eigenvalue weighted by atomic mass is 9.81. The molecule has 0 aromatic heterocycles. The SMILES string of the molecule is Cc1ccc(C[C@@H]2NCCC3=C2CCCC3)cc1.O=CO. The topological polar surface area (TPSA) is 49.3 Å². The molecule has 0 bridgehead atoms. The fraction of sp³-hybridized carbons (Fsp3) is 0.500. The maximum Gasteiger partial charge on any atom is 0.290 e. The van der Waals surface area contributed by atoms with Crippen LogP contribution in [-0.2, 0) is 11.2 Å². The summed E-state index contributed by atoms with van der Waals surface area (Å²) in [5, 5.41) is 10.6. The summed E-state index contributed by atoms with van der Waals surface area (Å²) in [6.07, 6.45) is 7.96. The molecular weight excluding hydrogens is 262 g/mol. The van der Waals surface area contributed by atoms with Gasteiger partial charge in [-0.1, -0.05) is 41.0 Å². The highest BCUT2D eigenvalue weighted by Crippen LogP contribution is 2.32. The van der Waals surface area contributed by atoms with Crippen LogP contribution < -0.4 is 5.32 Å². The van der Waals surface area contributed by atoms with Crippen molar-refractivity contribution in [3.8, 4) is 0 Å². The summed E-state index contributed by atoms with van der Waals surface area (Å²) in [6.45, 7) is 3.08. The highest BCUT2D eigenvalue weighted by atomic mass is 16.3. The summed E-state index contributed by atoms with van der Waals surface area (Å²) in [5.41, 5.74) is 6.34. The van der Waals surface area contributed by atoms with Crippen molar-refractivity contribution in [1.29, 1.82) is 0 Å². The molecule has 1 atom stereocenters. The van der Waals surface area contributed by atoms with Gasteiger partial charge in [-0.2, -0.15) is 0 Å². The van der Waals surface area contributed by atoms with E-state index < -0.39 is 0 Å². The first kappa shape index (κ1) is 15.8. The predicted octanol–water partition coefficient (Wildman–Crippen LogP) is 3.47. The third kappa shape index (κ3) is 4.43. The minimum atomic E-state index is -0.250. The molecular formula is C18H25NO2. The standard InChI is InChI=1S/C17H23N.CH2O2/c1-13-6-8-14(9-7-13)12-17-16-5-3-2-4-15(16)10-11-18-17;2-1-3/h6-9,17-18H,2-5,10-12H2,1H3;1H,(H,2,3)/t17-;/m0./s1. The lowest BCUT2D eigenvalue weighted by molar-refractivity contribution is -0.122. The Hall–Kier alpha value is -1.61. The Morgan fingerprint density at radius 2 is 1.86 bits per heavy atom. The minimum Gasteiger partial charge on any atom is -0.483 e. The molecule has 0 fully saturated rings. The van der Waals surface area contributed by atoms with Crippen molar-refractivity contribution >= 4 is 6.47 Å². The van der Waals surface area contributed by atoms with Crippen LogP contribution in [0.5, 0.6) is 0 Å². The van der Waals surface area contributed by atoms with Crippen molar-refractivity contribution in [1.82, 2.24) is 5.32 Å². The molecule has 0 unspecified atom stereocenters. The molecule has 1 aliphatic carbocycles. The van der Waals surface area contributed by atoms with Crippen molar-refractivity contribution in [2.45, 2.75) is 51.5 Å². The number of rotatable bonds is 2. The van der Waals surface area contributed by atoms with Gasteiger partial charge in [0.1, 0.15) is 0 Å². The van der Waals surface area contributed by atoms with Gasteiger partial charge in [0.25, 0.3) is 6.47 Å². The Balaban J connectivity index is 0.000000497. The third-order valence-electron chi connectivity index (χ3n) is 4.43. The second-order valence-corrected chi connectivity index (χ2v) is 5.89. The van der Waals surface area contributed by atoms with Gasteiger partial charge >= 0.3 is 0 Å². The number of hydrogen-bond acceptors (Lipinski definition) is 2. The van der Waals surface area contributed by atoms with E-state index in [-0.39, 0.29) is 6.47 Å². The zero-order chi connectivity index (χ0) is 15.1. The lowest BCUT2D eigenvalue weighted by Gasteiger charge is -2.33. The van der Waals surface area contributed by atoms with E-state index in [1.54, 1.807) is 11.1 Å². The van der Waals surface area contributed by atoms with Gasteiger partial charge in [0, 0.05) is 6.04 Å². The van der Waals surface area contributed by atoms with Crippen molar-refractivity contribution < 1.29 is 9.90 Å². The van der Waals surface area contributed by atoms with Gasteiger partial charge in [-0.15, -0.1) is 0 Å². The van der Waals surface area contributed by atoms with E-state index in [2.05, 4.69) is 36.5 Å². The highest BCUT2D eigenvalue weighted by Gasteiger charge is 2.24. The molecule has 2 aliphatic rings. The number of hydrogen-bond donors (Lipinski definition) is 2. The second-order valence-electron chi connectivity index (χ2n) is 5.89. The van der Waals surface area contributed by atoms with Gasteiger partial charge in [-0.25, -0.2) is 0 Å². The Bertz CT molecular complexity index is 486. The van der Waals surface area contributed by atoms with Gasteiger partial charge in [-0.05, 0) is 57.6 Å². The van der Waals surface area contributed by atoms with E-state index >= 15 is 0 Å². The lowest BCUT2D eigenvalue weighted by Crippen LogP contribution is -2.39. The number of benzene rings is 1. The average molecular weight is 287 g/mol. The summed E-state index contributed by atoms with van der Waals surface area (Å²) in [5.74, 6) is 0. The summed E-state index contributed by atoms with van der Waals surface area (Å²) < 4.78 is 0. The largest absolute Gasteiger partial charge is 0.483 e. The summed E-state index contributed by atoms with van der Waals surface area (Å²) in [7, 11) is 0. The van der Waals surface area contributed by atoms with Crippen molar-refractivity contribution in [3.05, 3.63) is 46.5 Å². The molecule has 0 amide bonds. The minimum absolute atomic E-state index is 0.250. The molecule has 0 saturated heterocycles. The molecule has 3 rings (SSSR count). The Labute approximate surface area is 127 Å².